The number of nitrogens with two attached hydrogens (primary N) is 1. The molecule has 124 valence electrons. The second-order valence-corrected chi connectivity index (χ2v) is 6.54. The first-order valence-electron chi connectivity index (χ1n) is 6.17. The summed E-state index contributed by atoms with van der Waals surface area (Å²) in [6.07, 6.45) is -7.88. The molecule has 0 amide bonds. The van der Waals surface area contributed by atoms with Crippen molar-refractivity contribution in [2.75, 3.05) is 11.9 Å². The van der Waals surface area contributed by atoms with Gasteiger partial charge in [-0.25, -0.2) is 4.79 Å². The number of rotatable bonds is 4. The third-order valence-corrected chi connectivity index (χ3v) is 4.03. The number of nitrogen functional groups attached to an aromatic ring is 1. The van der Waals surface area contributed by atoms with E-state index in [-0.39, 0.29) is 5.82 Å². The highest BCUT2D eigenvalue weighted by atomic mass is 31.2. The summed E-state index contributed by atoms with van der Waals surface area (Å²) in [4.78, 5) is 45.4. The SMILES string of the molecule is Nc1ccn([C@@H]2O[C@H]([C@H](O)C[P+]([O-])([O-])O)[C@@H](O)[C@H]2O)c(=O)n1. The first-order valence-corrected chi connectivity index (χ1v) is 7.93. The minimum Gasteiger partial charge on any atom is -0.660 e. The Morgan fingerprint density at radius 2 is 2.09 bits per heavy atom. The van der Waals surface area contributed by atoms with Gasteiger partial charge in [0.15, 0.2) is 6.23 Å². The van der Waals surface area contributed by atoms with Gasteiger partial charge in [0.2, 0.25) is 0 Å². The molecule has 0 radical (unpaired) electrons. The normalized spacial score (nSPS) is 30.5. The van der Waals surface area contributed by atoms with Crippen molar-refractivity contribution in [1.29, 1.82) is 0 Å². The van der Waals surface area contributed by atoms with Crippen molar-refractivity contribution in [3.05, 3.63) is 22.7 Å². The molecule has 0 aliphatic carbocycles. The topological polar surface area (TPSA) is 197 Å². The molecule has 1 aliphatic heterocycles. The number of hydrogen-bond donors (Lipinski definition) is 5. The van der Waals surface area contributed by atoms with Crippen LogP contribution in [0.3, 0.4) is 0 Å². The Kier molecular flexibility index (Phi) is 4.80. The molecule has 11 nitrogen and oxygen atoms in total. The molecule has 2 heterocycles. The Morgan fingerprint density at radius 3 is 2.64 bits per heavy atom. The molecule has 1 aromatic rings. The van der Waals surface area contributed by atoms with E-state index in [1.165, 1.54) is 12.3 Å². The van der Waals surface area contributed by atoms with E-state index in [2.05, 4.69) is 4.98 Å². The van der Waals surface area contributed by atoms with Crippen molar-refractivity contribution in [2.24, 2.45) is 0 Å². The van der Waals surface area contributed by atoms with Crippen LogP contribution >= 0.6 is 7.94 Å². The van der Waals surface area contributed by atoms with Crippen LogP contribution in [0.15, 0.2) is 17.1 Å². The maximum Gasteiger partial charge on any atom is 0.351 e. The zero-order valence-electron chi connectivity index (χ0n) is 11.1. The monoisotopic (exact) mass is 336 g/mol. The van der Waals surface area contributed by atoms with E-state index < -0.39 is 50.4 Å². The van der Waals surface area contributed by atoms with Gasteiger partial charge in [-0.15, -0.1) is 0 Å². The lowest BCUT2D eigenvalue weighted by Gasteiger charge is -2.32. The second-order valence-electron chi connectivity index (χ2n) is 4.90. The van der Waals surface area contributed by atoms with Crippen LogP contribution < -0.4 is 21.2 Å². The number of nitrogens with zero attached hydrogens (tertiary/aromatic N) is 2. The van der Waals surface area contributed by atoms with Crippen LogP contribution in [-0.2, 0) is 4.74 Å². The molecule has 1 aliphatic rings. The van der Waals surface area contributed by atoms with E-state index in [1.54, 1.807) is 0 Å². The summed E-state index contributed by atoms with van der Waals surface area (Å²) < 4.78 is 6.00. The van der Waals surface area contributed by atoms with Gasteiger partial charge >= 0.3 is 5.69 Å². The van der Waals surface area contributed by atoms with Gasteiger partial charge < -0.3 is 35.6 Å². The highest BCUT2D eigenvalue weighted by Gasteiger charge is 2.48. The highest BCUT2D eigenvalue weighted by Crippen LogP contribution is 2.38. The average Bonchev–Trinajstić information content (AvgIpc) is 2.65. The fourth-order valence-electron chi connectivity index (χ4n) is 2.19. The van der Waals surface area contributed by atoms with E-state index in [0.29, 0.717) is 0 Å². The number of anilines is 1. The fourth-order valence-corrected chi connectivity index (χ4v) is 2.87. The molecular weight excluding hydrogens is 321 g/mol. The van der Waals surface area contributed by atoms with E-state index >= 15 is 0 Å². The molecule has 1 saturated heterocycles. The van der Waals surface area contributed by atoms with E-state index in [1.807, 2.05) is 0 Å². The van der Waals surface area contributed by atoms with Gasteiger partial charge in [0, 0.05) is 14.1 Å². The van der Waals surface area contributed by atoms with Gasteiger partial charge in [0.1, 0.15) is 36.4 Å². The zero-order chi connectivity index (χ0) is 16.7. The second kappa shape index (κ2) is 6.14. The molecule has 2 rings (SSSR count). The molecule has 22 heavy (non-hydrogen) atoms. The summed E-state index contributed by atoms with van der Waals surface area (Å²) >= 11 is 0. The minimum absolute atomic E-state index is 0.0570. The number of aliphatic hydroxyl groups excluding tert-OH is 3. The summed E-state index contributed by atoms with van der Waals surface area (Å²) in [7, 11) is -4.80. The Bertz CT molecular complexity index is 590. The Morgan fingerprint density at radius 1 is 1.45 bits per heavy atom. The predicted octanol–water partition coefficient (Wildman–Crippen LogP) is -4.72. The summed E-state index contributed by atoms with van der Waals surface area (Å²) in [5.41, 5.74) is 4.46. The summed E-state index contributed by atoms with van der Waals surface area (Å²) in [6, 6.07) is 1.26. The van der Waals surface area contributed by atoms with Gasteiger partial charge in [-0.3, -0.25) is 9.46 Å². The van der Waals surface area contributed by atoms with Gasteiger partial charge in [0.25, 0.3) is 0 Å². The number of aromatic nitrogens is 2. The maximum atomic E-state index is 11.7. The molecule has 12 heteroatoms. The molecule has 1 fully saturated rings. The van der Waals surface area contributed by atoms with Crippen LogP contribution in [0.2, 0.25) is 0 Å². The van der Waals surface area contributed by atoms with Crippen molar-refractivity contribution >= 4 is 13.8 Å². The lowest BCUT2D eigenvalue weighted by Crippen LogP contribution is -2.43. The quantitative estimate of drug-likeness (QED) is 0.333. The van der Waals surface area contributed by atoms with Crippen molar-refractivity contribution in [3.8, 4) is 0 Å². The number of hydrogen-bond acceptors (Lipinski definition) is 10. The summed E-state index contributed by atoms with van der Waals surface area (Å²) in [5.74, 6) is -0.0570. The van der Waals surface area contributed by atoms with Crippen LogP contribution in [0.5, 0.6) is 0 Å². The van der Waals surface area contributed by atoms with Gasteiger partial charge in [-0.05, 0) is 6.07 Å². The number of ether oxygens (including phenoxy) is 1. The lowest BCUT2D eigenvalue weighted by atomic mass is 10.1. The van der Waals surface area contributed by atoms with Crippen molar-refractivity contribution < 1.29 is 34.7 Å². The Balaban J connectivity index is 2.21. The minimum atomic E-state index is -4.80. The highest BCUT2D eigenvalue weighted by molar-refractivity contribution is 7.55. The lowest BCUT2D eigenvalue weighted by molar-refractivity contribution is -0.333. The van der Waals surface area contributed by atoms with E-state index in [9.17, 15) is 29.9 Å². The summed E-state index contributed by atoms with van der Waals surface area (Å²) in [6.45, 7) is 0. The fraction of sp³-hybridized carbons (Fsp3) is 0.600. The van der Waals surface area contributed by atoms with Crippen LogP contribution in [0, 0.1) is 0 Å². The Hall–Kier alpha value is -1.17. The van der Waals surface area contributed by atoms with Crippen molar-refractivity contribution in [3.63, 3.8) is 0 Å². The first kappa shape index (κ1) is 17.2. The van der Waals surface area contributed by atoms with Crippen LogP contribution in [0.1, 0.15) is 6.23 Å². The molecule has 0 spiro atoms. The zero-order valence-corrected chi connectivity index (χ0v) is 12.0. The maximum absolute atomic E-state index is 11.7. The first-order chi connectivity index (χ1) is 10.1. The predicted molar refractivity (Wildman–Crippen MR) is 68.8 cm³/mol. The molecule has 0 saturated carbocycles. The number of aliphatic hydroxyl groups is 3. The summed E-state index contributed by atoms with van der Waals surface area (Å²) in [5, 5.41) is 29.4. The van der Waals surface area contributed by atoms with E-state index in [0.717, 1.165) is 4.57 Å². The van der Waals surface area contributed by atoms with E-state index in [4.69, 9.17) is 15.4 Å². The molecule has 0 unspecified atom stereocenters. The standard InChI is InChI=1S/C10H16N3O8P/c11-5-1-2-13(10(17)12-5)9-7(16)6(15)8(21-9)4(14)3-22(18,19)20/h1-2,4,6-9,14-16H,3H2,(H2,11,12,17)(H2,18,19,20)/p-1/t4-,6+,7-,8-,9-/m1/s1. The smallest absolute Gasteiger partial charge is 0.351 e. The third-order valence-electron chi connectivity index (χ3n) is 3.20. The molecule has 5 atom stereocenters. The van der Waals surface area contributed by atoms with Crippen molar-refractivity contribution in [2.45, 2.75) is 30.6 Å². The van der Waals surface area contributed by atoms with Crippen molar-refractivity contribution in [1.82, 2.24) is 9.55 Å². The molecule has 1 aromatic heterocycles. The average molecular weight is 336 g/mol. The molecule has 6 N–H and O–H groups in total. The molecule has 0 aromatic carbocycles. The van der Waals surface area contributed by atoms with Crippen LogP contribution in [-0.4, -0.2) is 60.3 Å². The molecular formula is C10H15N3O8P-. The van der Waals surface area contributed by atoms with Gasteiger partial charge in [0.05, 0.1) is 0 Å². The largest absolute Gasteiger partial charge is 0.660 e. The third kappa shape index (κ3) is 3.59. The Labute approximate surface area is 124 Å². The molecule has 0 bridgehead atoms. The van der Waals surface area contributed by atoms with Gasteiger partial charge in [-0.1, -0.05) is 0 Å². The van der Waals surface area contributed by atoms with Crippen LogP contribution in [0.25, 0.3) is 0 Å². The van der Waals surface area contributed by atoms with Crippen LogP contribution in [0.4, 0.5) is 5.82 Å². The van der Waals surface area contributed by atoms with Gasteiger partial charge in [-0.2, -0.15) is 4.98 Å².